The zero-order chi connectivity index (χ0) is 22.1. The maximum absolute atomic E-state index is 13.1. The van der Waals surface area contributed by atoms with Crippen molar-refractivity contribution in [1.82, 2.24) is 9.97 Å². The highest BCUT2D eigenvalue weighted by molar-refractivity contribution is 6.02. The number of likely N-dealkylation sites (N-methyl/N-ethyl adjacent to an activating group) is 1. The Labute approximate surface area is 180 Å². The van der Waals surface area contributed by atoms with Crippen LogP contribution in [0.1, 0.15) is 41.2 Å². The van der Waals surface area contributed by atoms with E-state index < -0.39 is 6.10 Å². The van der Waals surface area contributed by atoms with Gasteiger partial charge in [0.1, 0.15) is 29.5 Å². The summed E-state index contributed by atoms with van der Waals surface area (Å²) in [5.74, 6) is 1.08. The Hall–Kier alpha value is -3.32. The summed E-state index contributed by atoms with van der Waals surface area (Å²) in [5.41, 5.74) is 3.93. The van der Waals surface area contributed by atoms with Crippen LogP contribution in [0, 0.1) is 12.7 Å². The monoisotopic (exact) mass is 420 g/mol. The Morgan fingerprint density at radius 2 is 1.68 bits per heavy atom. The van der Waals surface area contributed by atoms with Gasteiger partial charge in [-0.05, 0) is 49.1 Å². The first kappa shape index (κ1) is 20.9. The van der Waals surface area contributed by atoms with Crippen molar-refractivity contribution < 1.29 is 14.3 Å². The van der Waals surface area contributed by atoms with Gasteiger partial charge in [-0.1, -0.05) is 36.4 Å². The minimum Gasteiger partial charge on any atom is -0.384 e. The third kappa shape index (κ3) is 4.27. The molecule has 2 N–H and O–H groups in total. The minimum atomic E-state index is -0.797. The summed E-state index contributed by atoms with van der Waals surface area (Å²) in [6.45, 7) is 3.72. The Morgan fingerprint density at radius 3 is 2.32 bits per heavy atom. The number of aryl methyl sites for hydroxylation is 3. The molecule has 0 aliphatic carbocycles. The number of fused-ring (bicyclic) bond motifs is 1. The fourth-order valence-corrected chi connectivity index (χ4v) is 3.68. The van der Waals surface area contributed by atoms with Gasteiger partial charge >= 0.3 is 0 Å². The molecular formula is C24H25FN4O2. The van der Waals surface area contributed by atoms with Gasteiger partial charge in [0, 0.05) is 13.5 Å². The van der Waals surface area contributed by atoms with E-state index in [4.69, 9.17) is 0 Å². The summed E-state index contributed by atoms with van der Waals surface area (Å²) in [7, 11) is 1.86. The Bertz CT molecular complexity index is 1100. The average molecular weight is 420 g/mol. The van der Waals surface area contributed by atoms with Crippen LogP contribution in [0.4, 0.5) is 15.9 Å². The number of rotatable bonds is 5. The fourth-order valence-electron chi connectivity index (χ4n) is 3.68. The van der Waals surface area contributed by atoms with Gasteiger partial charge in [0.2, 0.25) is 5.91 Å². The number of anilines is 2. The number of aromatic nitrogens is 2. The lowest BCUT2D eigenvalue weighted by atomic mass is 9.99. The molecule has 0 spiro atoms. The van der Waals surface area contributed by atoms with E-state index in [0.717, 1.165) is 34.9 Å². The topological polar surface area (TPSA) is 78.4 Å². The summed E-state index contributed by atoms with van der Waals surface area (Å²) in [6, 6.07) is 13.3. The maximum Gasteiger partial charge on any atom is 0.246 e. The Balaban J connectivity index is 1.46. The zero-order valence-corrected chi connectivity index (χ0v) is 17.8. The molecule has 2 atom stereocenters. The molecule has 0 saturated carbocycles. The fraction of sp³-hybridized carbons (Fsp3) is 0.292. The van der Waals surface area contributed by atoms with Gasteiger partial charge in [0.15, 0.2) is 5.82 Å². The predicted octanol–water partition coefficient (Wildman–Crippen LogP) is 3.57. The number of hydrogen-bond acceptors (Lipinski definition) is 5. The normalized spacial score (nSPS) is 16.6. The molecule has 1 amide bonds. The second-order valence-corrected chi connectivity index (χ2v) is 7.90. The predicted molar refractivity (Wildman–Crippen MR) is 118 cm³/mol. The summed E-state index contributed by atoms with van der Waals surface area (Å²) < 4.78 is 13.1. The van der Waals surface area contributed by atoms with E-state index in [1.54, 1.807) is 12.1 Å². The molecule has 0 radical (unpaired) electrons. The number of benzene rings is 2. The van der Waals surface area contributed by atoms with Crippen molar-refractivity contribution in [3.63, 3.8) is 0 Å². The van der Waals surface area contributed by atoms with Gasteiger partial charge in [0.05, 0.1) is 5.69 Å². The molecule has 1 unspecified atom stereocenters. The first-order valence-electron chi connectivity index (χ1n) is 10.3. The lowest BCUT2D eigenvalue weighted by molar-refractivity contribution is -0.117. The van der Waals surface area contributed by atoms with Crippen LogP contribution in [-0.2, 0) is 17.6 Å². The highest BCUT2D eigenvalue weighted by Crippen LogP contribution is 2.31. The standard InChI is InChI=1S/C24H25FN4O2/c1-14-21-23(29(3)15(2)24(31)28-21)27-20(26-14)13-6-16-4-7-17(8-5-16)22(30)18-9-11-19(25)12-10-18/h4-5,7-12,15,22,30H,6,13H2,1-3H3,(H,28,31)/t15-,22?/m0/s1. The second-order valence-electron chi connectivity index (χ2n) is 7.90. The van der Waals surface area contributed by atoms with Crippen LogP contribution < -0.4 is 10.2 Å². The summed E-state index contributed by atoms with van der Waals surface area (Å²) in [5, 5.41) is 13.4. The molecule has 4 rings (SSSR count). The highest BCUT2D eigenvalue weighted by Gasteiger charge is 2.30. The van der Waals surface area contributed by atoms with E-state index in [2.05, 4.69) is 15.3 Å². The molecule has 1 aliphatic heterocycles. The third-order valence-electron chi connectivity index (χ3n) is 5.78. The minimum absolute atomic E-state index is 0.0580. The average Bonchev–Trinajstić information content (AvgIpc) is 2.77. The Kier molecular flexibility index (Phi) is 5.69. The van der Waals surface area contributed by atoms with Crippen molar-refractivity contribution >= 4 is 17.4 Å². The van der Waals surface area contributed by atoms with Crippen molar-refractivity contribution in [2.75, 3.05) is 17.3 Å². The summed E-state index contributed by atoms with van der Waals surface area (Å²) >= 11 is 0. The van der Waals surface area contributed by atoms with Crippen LogP contribution in [0.3, 0.4) is 0 Å². The van der Waals surface area contributed by atoms with E-state index >= 15 is 0 Å². The van der Waals surface area contributed by atoms with Crippen LogP contribution in [-0.4, -0.2) is 34.1 Å². The number of aliphatic hydroxyl groups excluding tert-OH is 1. The number of amides is 1. The lowest BCUT2D eigenvalue weighted by Crippen LogP contribution is -2.45. The number of nitrogens with zero attached hydrogens (tertiary/aromatic N) is 3. The molecule has 2 heterocycles. The van der Waals surface area contributed by atoms with Crippen molar-refractivity contribution in [2.24, 2.45) is 0 Å². The van der Waals surface area contributed by atoms with Crippen molar-refractivity contribution in [1.29, 1.82) is 0 Å². The number of aliphatic hydroxyl groups is 1. The molecule has 31 heavy (non-hydrogen) atoms. The largest absolute Gasteiger partial charge is 0.384 e. The molecule has 6 nitrogen and oxygen atoms in total. The second kappa shape index (κ2) is 8.43. The quantitative estimate of drug-likeness (QED) is 0.660. The molecular weight excluding hydrogens is 395 g/mol. The van der Waals surface area contributed by atoms with Gasteiger partial charge in [0.25, 0.3) is 0 Å². The van der Waals surface area contributed by atoms with Crippen molar-refractivity contribution in [3.8, 4) is 0 Å². The molecule has 0 fully saturated rings. The van der Waals surface area contributed by atoms with Crippen molar-refractivity contribution in [3.05, 3.63) is 82.6 Å². The molecule has 0 bridgehead atoms. The molecule has 2 aromatic carbocycles. The van der Waals surface area contributed by atoms with Crippen molar-refractivity contribution in [2.45, 2.75) is 38.8 Å². The maximum atomic E-state index is 13.1. The van der Waals surface area contributed by atoms with E-state index in [0.29, 0.717) is 17.7 Å². The number of halogens is 1. The Morgan fingerprint density at radius 1 is 1.06 bits per heavy atom. The third-order valence-corrected chi connectivity index (χ3v) is 5.78. The van der Waals surface area contributed by atoms with Gasteiger partial charge in [-0.3, -0.25) is 4.79 Å². The number of nitrogens with one attached hydrogen (secondary N) is 1. The SMILES string of the molecule is Cc1nc(CCc2ccc(C(O)c3ccc(F)cc3)cc2)nc2c1NC(=O)[C@H](C)N2C. The number of hydrogen-bond donors (Lipinski definition) is 2. The van der Waals surface area contributed by atoms with E-state index in [1.807, 2.05) is 50.1 Å². The molecule has 160 valence electrons. The van der Waals surface area contributed by atoms with Gasteiger partial charge < -0.3 is 15.3 Å². The molecule has 7 heteroatoms. The van der Waals surface area contributed by atoms with E-state index in [1.165, 1.54) is 12.1 Å². The number of carbonyl (C=O) groups is 1. The van der Waals surface area contributed by atoms with Crippen LogP contribution in [0.2, 0.25) is 0 Å². The lowest BCUT2D eigenvalue weighted by Gasteiger charge is -2.32. The highest BCUT2D eigenvalue weighted by atomic mass is 19.1. The summed E-state index contributed by atoms with van der Waals surface area (Å²) in [6.07, 6.45) is 0.606. The van der Waals surface area contributed by atoms with Crippen LogP contribution >= 0.6 is 0 Å². The van der Waals surface area contributed by atoms with E-state index in [-0.39, 0.29) is 17.8 Å². The van der Waals surface area contributed by atoms with Gasteiger partial charge in [-0.25, -0.2) is 14.4 Å². The first-order chi connectivity index (χ1) is 14.8. The van der Waals surface area contributed by atoms with Gasteiger partial charge in [-0.2, -0.15) is 0 Å². The van der Waals surface area contributed by atoms with Crippen LogP contribution in [0.15, 0.2) is 48.5 Å². The van der Waals surface area contributed by atoms with Crippen LogP contribution in [0.25, 0.3) is 0 Å². The molecule has 0 saturated heterocycles. The smallest absolute Gasteiger partial charge is 0.246 e. The number of carbonyl (C=O) groups excluding carboxylic acids is 1. The van der Waals surface area contributed by atoms with E-state index in [9.17, 15) is 14.3 Å². The van der Waals surface area contributed by atoms with Gasteiger partial charge in [-0.15, -0.1) is 0 Å². The zero-order valence-electron chi connectivity index (χ0n) is 17.8. The molecule has 1 aliphatic rings. The molecule has 1 aromatic heterocycles. The molecule has 3 aromatic rings. The van der Waals surface area contributed by atoms with Crippen LogP contribution in [0.5, 0.6) is 0 Å². The first-order valence-corrected chi connectivity index (χ1v) is 10.3. The summed E-state index contributed by atoms with van der Waals surface area (Å²) in [4.78, 5) is 23.2.